The van der Waals surface area contributed by atoms with Crippen molar-refractivity contribution in [2.45, 2.75) is 17.3 Å². The SMILES string of the molecule is COc1ccc(-n2c(Cc3ccccc3)nnc2SCc2nc(C(=O)NCCN(C)C)co2)cc1. The van der Waals surface area contributed by atoms with E-state index >= 15 is 0 Å². The number of oxazole rings is 1. The number of likely N-dealkylation sites (N-methyl/N-ethyl adjacent to an activating group) is 1. The van der Waals surface area contributed by atoms with Crippen LogP contribution in [0.3, 0.4) is 0 Å². The average molecular weight is 493 g/mol. The van der Waals surface area contributed by atoms with Crippen molar-refractivity contribution in [3.05, 3.63) is 83.8 Å². The smallest absolute Gasteiger partial charge is 0.273 e. The first-order chi connectivity index (χ1) is 17.0. The molecule has 182 valence electrons. The minimum Gasteiger partial charge on any atom is -0.497 e. The molecule has 0 radical (unpaired) electrons. The fourth-order valence-corrected chi connectivity index (χ4v) is 4.19. The first-order valence-corrected chi connectivity index (χ1v) is 12.1. The zero-order valence-corrected chi connectivity index (χ0v) is 20.8. The van der Waals surface area contributed by atoms with Crippen molar-refractivity contribution < 1.29 is 13.9 Å². The van der Waals surface area contributed by atoms with E-state index in [1.165, 1.54) is 18.0 Å². The molecule has 9 nitrogen and oxygen atoms in total. The van der Waals surface area contributed by atoms with Crippen LogP contribution >= 0.6 is 11.8 Å². The molecule has 0 aliphatic heterocycles. The van der Waals surface area contributed by atoms with Gasteiger partial charge >= 0.3 is 0 Å². The first kappa shape index (κ1) is 24.5. The van der Waals surface area contributed by atoms with Gasteiger partial charge in [0.05, 0.1) is 12.9 Å². The number of aromatic nitrogens is 4. The lowest BCUT2D eigenvalue weighted by atomic mass is 10.1. The van der Waals surface area contributed by atoms with Crippen molar-refractivity contribution in [3.63, 3.8) is 0 Å². The van der Waals surface area contributed by atoms with Crippen LogP contribution in [-0.2, 0) is 12.2 Å². The number of nitrogens with one attached hydrogen (secondary N) is 1. The number of nitrogens with zero attached hydrogens (tertiary/aromatic N) is 5. The van der Waals surface area contributed by atoms with Crippen LogP contribution in [0.5, 0.6) is 5.75 Å². The number of thioether (sulfide) groups is 1. The van der Waals surface area contributed by atoms with E-state index in [1.807, 2.05) is 66.0 Å². The summed E-state index contributed by atoms with van der Waals surface area (Å²) in [7, 11) is 5.55. The highest BCUT2D eigenvalue weighted by atomic mass is 32.2. The van der Waals surface area contributed by atoms with Crippen LogP contribution in [0, 0.1) is 0 Å². The van der Waals surface area contributed by atoms with Gasteiger partial charge in [-0.2, -0.15) is 0 Å². The van der Waals surface area contributed by atoms with Crippen LogP contribution < -0.4 is 10.1 Å². The maximum Gasteiger partial charge on any atom is 0.273 e. The van der Waals surface area contributed by atoms with E-state index in [1.54, 1.807) is 7.11 Å². The number of ether oxygens (including phenoxy) is 1. The van der Waals surface area contributed by atoms with Gasteiger partial charge in [0.15, 0.2) is 10.9 Å². The summed E-state index contributed by atoms with van der Waals surface area (Å²) in [5, 5.41) is 12.4. The van der Waals surface area contributed by atoms with E-state index in [-0.39, 0.29) is 11.6 Å². The second-order valence-corrected chi connectivity index (χ2v) is 9.01. The Morgan fingerprint density at radius 2 is 1.89 bits per heavy atom. The van der Waals surface area contributed by atoms with Crippen LogP contribution in [0.1, 0.15) is 27.8 Å². The van der Waals surface area contributed by atoms with Gasteiger partial charge in [-0.15, -0.1) is 10.2 Å². The van der Waals surface area contributed by atoms with Crippen molar-refractivity contribution in [1.82, 2.24) is 30.0 Å². The zero-order valence-electron chi connectivity index (χ0n) is 20.0. The Balaban J connectivity index is 1.50. The number of hydrogen-bond acceptors (Lipinski definition) is 8. The molecule has 0 saturated heterocycles. The predicted octanol–water partition coefficient (Wildman–Crippen LogP) is 3.44. The summed E-state index contributed by atoms with van der Waals surface area (Å²) in [4.78, 5) is 18.6. The molecule has 0 aliphatic rings. The van der Waals surface area contributed by atoms with Crippen molar-refractivity contribution in [2.24, 2.45) is 0 Å². The standard InChI is InChI=1S/C25H28N6O3S/c1-30(2)14-13-26-24(32)21-16-34-23(27-21)17-35-25-29-28-22(15-18-7-5-4-6-8-18)31(25)19-9-11-20(33-3)12-10-19/h4-12,16H,13-15,17H2,1-3H3,(H,26,32). The molecule has 1 N–H and O–H groups in total. The minimum absolute atomic E-state index is 0.251. The second-order valence-electron chi connectivity index (χ2n) is 8.07. The molecule has 1 amide bonds. The summed E-state index contributed by atoms with van der Waals surface area (Å²) in [6.07, 6.45) is 2.02. The lowest BCUT2D eigenvalue weighted by Crippen LogP contribution is -2.31. The highest BCUT2D eigenvalue weighted by molar-refractivity contribution is 7.98. The summed E-state index contributed by atoms with van der Waals surface area (Å²) in [5.41, 5.74) is 2.34. The summed E-state index contributed by atoms with van der Waals surface area (Å²) >= 11 is 1.45. The number of carbonyl (C=O) groups is 1. The Hall–Kier alpha value is -3.63. The molecule has 10 heteroatoms. The van der Waals surface area contributed by atoms with Crippen molar-refractivity contribution in [3.8, 4) is 11.4 Å². The molecule has 2 heterocycles. The molecule has 0 aliphatic carbocycles. The third-order valence-corrected chi connectivity index (χ3v) is 6.10. The fraction of sp³-hybridized carbons (Fsp3) is 0.280. The molecule has 4 aromatic rings. The topological polar surface area (TPSA) is 98.3 Å². The fourth-order valence-electron chi connectivity index (χ4n) is 3.37. The lowest BCUT2D eigenvalue weighted by Gasteiger charge is -2.11. The van der Waals surface area contributed by atoms with E-state index in [4.69, 9.17) is 9.15 Å². The Kier molecular flexibility index (Phi) is 8.17. The molecule has 2 aromatic heterocycles. The number of amides is 1. The molecule has 0 unspecified atom stereocenters. The Morgan fingerprint density at radius 1 is 1.11 bits per heavy atom. The molecule has 0 spiro atoms. The highest BCUT2D eigenvalue weighted by Gasteiger charge is 2.18. The Labute approximate surface area is 208 Å². The molecule has 2 aromatic carbocycles. The number of methoxy groups -OCH3 is 1. The Bertz CT molecular complexity index is 1240. The molecule has 0 bridgehead atoms. The van der Waals surface area contributed by atoms with Crippen molar-refractivity contribution in [2.75, 3.05) is 34.3 Å². The molecule has 35 heavy (non-hydrogen) atoms. The number of hydrogen-bond donors (Lipinski definition) is 1. The van der Waals surface area contributed by atoms with E-state index < -0.39 is 0 Å². The Morgan fingerprint density at radius 3 is 2.60 bits per heavy atom. The van der Waals surface area contributed by atoms with E-state index in [9.17, 15) is 4.79 Å². The van der Waals surface area contributed by atoms with Crippen LogP contribution in [0.2, 0.25) is 0 Å². The van der Waals surface area contributed by atoms with E-state index in [0.29, 0.717) is 29.8 Å². The molecular formula is C25H28N6O3S. The molecular weight excluding hydrogens is 464 g/mol. The predicted molar refractivity (Wildman–Crippen MR) is 134 cm³/mol. The highest BCUT2D eigenvalue weighted by Crippen LogP contribution is 2.27. The van der Waals surface area contributed by atoms with Gasteiger partial charge in [-0.1, -0.05) is 42.1 Å². The van der Waals surface area contributed by atoms with Gasteiger partial charge in [-0.25, -0.2) is 4.98 Å². The molecule has 0 fully saturated rings. The molecule has 0 atom stereocenters. The lowest BCUT2D eigenvalue weighted by molar-refractivity contribution is 0.0946. The third kappa shape index (κ3) is 6.49. The maximum absolute atomic E-state index is 12.3. The summed E-state index contributed by atoms with van der Waals surface area (Å²) < 4.78 is 12.9. The van der Waals surface area contributed by atoms with Gasteiger partial charge in [-0.3, -0.25) is 9.36 Å². The van der Waals surface area contributed by atoms with Crippen LogP contribution in [-0.4, -0.2) is 64.9 Å². The number of rotatable bonds is 11. The average Bonchev–Trinajstić information content (AvgIpc) is 3.50. The normalized spacial score (nSPS) is 11.1. The second kappa shape index (κ2) is 11.7. The van der Waals surface area contributed by atoms with Crippen LogP contribution in [0.15, 0.2) is 70.4 Å². The molecule has 0 saturated carbocycles. The van der Waals surface area contributed by atoms with Gasteiger partial charge in [0.25, 0.3) is 5.91 Å². The van der Waals surface area contributed by atoms with Gasteiger partial charge in [0.1, 0.15) is 17.8 Å². The van der Waals surface area contributed by atoms with Gasteiger partial charge in [0.2, 0.25) is 5.89 Å². The first-order valence-electron chi connectivity index (χ1n) is 11.2. The van der Waals surface area contributed by atoms with Crippen LogP contribution in [0.25, 0.3) is 5.69 Å². The van der Waals surface area contributed by atoms with Crippen molar-refractivity contribution in [1.29, 1.82) is 0 Å². The summed E-state index contributed by atoms with van der Waals surface area (Å²) in [6, 6.07) is 17.9. The zero-order chi connectivity index (χ0) is 24.6. The number of carbonyl (C=O) groups excluding carboxylic acids is 1. The summed E-state index contributed by atoms with van der Waals surface area (Å²) in [6.45, 7) is 1.29. The quantitative estimate of drug-likeness (QED) is 0.318. The maximum atomic E-state index is 12.3. The van der Waals surface area contributed by atoms with E-state index in [0.717, 1.165) is 29.4 Å². The van der Waals surface area contributed by atoms with Crippen LogP contribution in [0.4, 0.5) is 0 Å². The minimum atomic E-state index is -0.251. The largest absolute Gasteiger partial charge is 0.497 e. The van der Waals surface area contributed by atoms with Crippen molar-refractivity contribution >= 4 is 17.7 Å². The van der Waals surface area contributed by atoms with Gasteiger partial charge in [-0.05, 0) is 43.9 Å². The monoisotopic (exact) mass is 492 g/mol. The number of benzene rings is 2. The van der Waals surface area contributed by atoms with Gasteiger partial charge < -0.3 is 19.4 Å². The van der Waals surface area contributed by atoms with Gasteiger partial charge in [0, 0.05) is 25.2 Å². The molecule has 4 rings (SSSR count). The van der Waals surface area contributed by atoms with E-state index in [2.05, 4.69) is 32.6 Å². The summed E-state index contributed by atoms with van der Waals surface area (Å²) in [5.74, 6) is 2.19. The third-order valence-electron chi connectivity index (χ3n) is 5.19.